The average molecular weight is 222 g/mol. The van der Waals surface area contributed by atoms with Crippen LogP contribution in [0.3, 0.4) is 0 Å². The summed E-state index contributed by atoms with van der Waals surface area (Å²) in [6.45, 7) is 3.03. The maximum Gasteiger partial charge on any atom is 0.0431 e. The predicted octanol–water partition coefficient (Wildman–Crippen LogP) is 3.47. The third kappa shape index (κ3) is 4.35. The maximum absolute atomic E-state index is 5.78. The van der Waals surface area contributed by atoms with Gasteiger partial charge in [0.1, 0.15) is 0 Å². The predicted molar refractivity (Wildman–Crippen MR) is 59.2 cm³/mol. The summed E-state index contributed by atoms with van der Waals surface area (Å²) in [6.07, 6.45) is 5.21. The van der Waals surface area contributed by atoms with Gasteiger partial charge in [-0.3, -0.25) is 0 Å². The van der Waals surface area contributed by atoms with Crippen LogP contribution in [0.5, 0.6) is 0 Å². The van der Waals surface area contributed by atoms with Crippen LogP contribution in [0.25, 0.3) is 0 Å². The average Bonchev–Trinajstić information content (AvgIpc) is 2.16. The third-order valence-corrected chi connectivity index (χ3v) is 3.31. The minimum Gasteiger partial charge on any atom is -0.309 e. The fourth-order valence-electron chi connectivity index (χ4n) is 1.74. The molecule has 0 heterocycles. The molecule has 1 saturated carbocycles. The van der Waals surface area contributed by atoms with E-state index in [2.05, 4.69) is 12.2 Å². The van der Waals surface area contributed by atoms with Crippen LogP contribution in [0.15, 0.2) is 10.6 Å². The van der Waals surface area contributed by atoms with E-state index >= 15 is 0 Å². The summed E-state index contributed by atoms with van der Waals surface area (Å²) in [5.41, 5.74) is 1.43. The van der Waals surface area contributed by atoms with Crippen LogP contribution in [0.4, 0.5) is 0 Å². The molecule has 1 nitrogen and oxygen atoms in total. The molecular weight excluding hydrogens is 205 g/mol. The normalized spacial score (nSPS) is 30.5. The van der Waals surface area contributed by atoms with Gasteiger partial charge in [0, 0.05) is 23.2 Å². The Bertz CT molecular complexity index is 172. The summed E-state index contributed by atoms with van der Waals surface area (Å²) >= 11 is 11.2. The van der Waals surface area contributed by atoms with E-state index in [0.29, 0.717) is 17.6 Å². The summed E-state index contributed by atoms with van der Waals surface area (Å²) in [6, 6.07) is 0.640. The van der Waals surface area contributed by atoms with E-state index in [1.54, 1.807) is 0 Å². The van der Waals surface area contributed by atoms with Crippen molar-refractivity contribution in [3.8, 4) is 0 Å². The Morgan fingerprint density at radius 2 is 2.00 bits per heavy atom. The molecule has 0 saturated heterocycles. The highest BCUT2D eigenvalue weighted by Gasteiger charge is 2.17. The summed E-state index contributed by atoms with van der Waals surface area (Å²) in [4.78, 5) is 0. The highest BCUT2D eigenvalue weighted by Crippen LogP contribution is 2.23. The first-order chi connectivity index (χ1) is 6.22. The molecular formula is C10H17Cl2N. The van der Waals surface area contributed by atoms with Crippen molar-refractivity contribution in [1.82, 2.24) is 5.32 Å². The van der Waals surface area contributed by atoms with Crippen LogP contribution in [0, 0.1) is 5.92 Å². The first-order valence-corrected chi connectivity index (χ1v) is 5.72. The molecule has 0 radical (unpaired) electrons. The smallest absolute Gasteiger partial charge is 0.0431 e. The Morgan fingerprint density at radius 3 is 2.54 bits per heavy atom. The second kappa shape index (κ2) is 5.90. The molecule has 0 aromatic heterocycles. The van der Waals surface area contributed by atoms with Crippen molar-refractivity contribution in [3.63, 3.8) is 0 Å². The molecule has 0 aromatic rings. The largest absolute Gasteiger partial charge is 0.309 e. The Hall–Kier alpha value is 0.280. The second-order valence-electron chi connectivity index (χ2n) is 3.89. The quantitative estimate of drug-likeness (QED) is 0.770. The molecule has 0 aromatic carbocycles. The first kappa shape index (κ1) is 11.4. The Kier molecular flexibility index (Phi) is 5.15. The van der Waals surface area contributed by atoms with Crippen molar-refractivity contribution in [2.45, 2.75) is 38.6 Å². The molecule has 76 valence electrons. The number of hydrogen-bond donors (Lipinski definition) is 1. The molecule has 13 heavy (non-hydrogen) atoms. The highest BCUT2D eigenvalue weighted by atomic mass is 35.5. The molecule has 1 aliphatic rings. The number of halogens is 2. The topological polar surface area (TPSA) is 12.0 Å². The van der Waals surface area contributed by atoms with Crippen molar-refractivity contribution in [2.75, 3.05) is 6.54 Å². The fraction of sp³-hybridized carbons (Fsp3) is 0.800. The maximum atomic E-state index is 5.78. The van der Waals surface area contributed by atoms with Crippen LogP contribution in [-0.2, 0) is 0 Å². The van der Waals surface area contributed by atoms with Gasteiger partial charge in [0.2, 0.25) is 0 Å². The zero-order valence-electron chi connectivity index (χ0n) is 8.02. The van der Waals surface area contributed by atoms with Gasteiger partial charge in [-0.1, -0.05) is 30.1 Å². The van der Waals surface area contributed by atoms with Gasteiger partial charge >= 0.3 is 0 Å². The molecule has 1 aliphatic carbocycles. The zero-order chi connectivity index (χ0) is 9.68. The molecule has 0 amide bonds. The molecule has 0 unspecified atom stereocenters. The van der Waals surface area contributed by atoms with Crippen LogP contribution >= 0.6 is 23.2 Å². The lowest BCUT2D eigenvalue weighted by atomic mass is 9.87. The van der Waals surface area contributed by atoms with Gasteiger partial charge in [-0.05, 0) is 31.6 Å². The van der Waals surface area contributed by atoms with Crippen molar-refractivity contribution in [3.05, 3.63) is 10.6 Å². The van der Waals surface area contributed by atoms with Crippen molar-refractivity contribution in [1.29, 1.82) is 0 Å². The minimum atomic E-state index is 0.640. The molecule has 0 aliphatic heterocycles. The van der Waals surface area contributed by atoms with Gasteiger partial charge in [0.05, 0.1) is 0 Å². The summed E-state index contributed by atoms with van der Waals surface area (Å²) in [7, 11) is 0. The lowest BCUT2D eigenvalue weighted by Gasteiger charge is -2.26. The van der Waals surface area contributed by atoms with Crippen LogP contribution in [0.2, 0.25) is 0 Å². The summed E-state index contributed by atoms with van der Waals surface area (Å²) in [5.74, 6) is 0.900. The van der Waals surface area contributed by atoms with Crippen LogP contribution in [-0.4, -0.2) is 12.6 Å². The molecule has 1 N–H and O–H groups in total. The lowest BCUT2D eigenvalue weighted by Crippen LogP contribution is -2.33. The fourth-order valence-corrected chi connectivity index (χ4v) is 1.90. The van der Waals surface area contributed by atoms with Crippen LogP contribution < -0.4 is 5.32 Å². The molecule has 3 heteroatoms. The summed E-state index contributed by atoms with van der Waals surface area (Å²) < 4.78 is 0. The number of hydrogen-bond acceptors (Lipinski definition) is 1. The van der Waals surface area contributed by atoms with Gasteiger partial charge < -0.3 is 5.32 Å². The third-order valence-electron chi connectivity index (χ3n) is 2.69. The second-order valence-corrected chi connectivity index (χ2v) is 4.60. The van der Waals surface area contributed by atoms with E-state index in [0.717, 1.165) is 5.92 Å². The van der Waals surface area contributed by atoms with E-state index < -0.39 is 0 Å². The van der Waals surface area contributed by atoms with Gasteiger partial charge in [-0.2, -0.15) is 0 Å². The monoisotopic (exact) mass is 221 g/mol. The zero-order valence-corrected chi connectivity index (χ0v) is 9.54. The van der Waals surface area contributed by atoms with Gasteiger partial charge in [0.25, 0.3) is 0 Å². The SMILES string of the molecule is CC1CCC(NCC(Cl)=CCl)CC1. The standard InChI is InChI=1S/C10H17Cl2N/c1-8-2-4-10(5-3-8)13-7-9(12)6-11/h6,8,10,13H,2-5,7H2,1H3. The Balaban J connectivity index is 2.16. The van der Waals surface area contributed by atoms with Gasteiger partial charge in [-0.25, -0.2) is 0 Å². The van der Waals surface area contributed by atoms with Gasteiger partial charge in [0.15, 0.2) is 0 Å². The lowest BCUT2D eigenvalue weighted by molar-refractivity contribution is 0.313. The summed E-state index contributed by atoms with van der Waals surface area (Å²) in [5, 5.41) is 4.10. The van der Waals surface area contributed by atoms with E-state index in [1.165, 1.54) is 31.2 Å². The van der Waals surface area contributed by atoms with Gasteiger partial charge in [-0.15, -0.1) is 0 Å². The molecule has 0 atom stereocenters. The number of nitrogens with one attached hydrogen (secondary N) is 1. The van der Waals surface area contributed by atoms with Crippen molar-refractivity contribution >= 4 is 23.2 Å². The van der Waals surface area contributed by atoms with Crippen molar-refractivity contribution < 1.29 is 0 Å². The minimum absolute atomic E-state index is 0.640. The van der Waals surface area contributed by atoms with E-state index in [9.17, 15) is 0 Å². The Labute approximate surface area is 90.5 Å². The number of rotatable bonds is 3. The molecule has 1 rings (SSSR count). The molecule has 1 fully saturated rings. The van der Waals surface area contributed by atoms with E-state index in [4.69, 9.17) is 23.2 Å². The molecule has 0 bridgehead atoms. The van der Waals surface area contributed by atoms with E-state index in [-0.39, 0.29) is 0 Å². The first-order valence-electron chi connectivity index (χ1n) is 4.90. The highest BCUT2D eigenvalue weighted by molar-refractivity contribution is 6.36. The van der Waals surface area contributed by atoms with Crippen LogP contribution in [0.1, 0.15) is 32.6 Å². The van der Waals surface area contributed by atoms with Crippen molar-refractivity contribution in [2.24, 2.45) is 5.92 Å². The Morgan fingerprint density at radius 1 is 1.38 bits per heavy atom. The molecule has 0 spiro atoms. The van der Waals surface area contributed by atoms with E-state index in [1.807, 2.05) is 0 Å².